The lowest BCUT2D eigenvalue weighted by Crippen LogP contribution is -2.24. The lowest BCUT2D eigenvalue weighted by Gasteiger charge is -2.26. The molecule has 0 aliphatic carbocycles. The number of hydrogen-bond acceptors (Lipinski definition) is 2. The van der Waals surface area contributed by atoms with Crippen molar-refractivity contribution in [3.8, 4) is 0 Å². The molecule has 0 saturated carbocycles. The zero-order valence-electron chi connectivity index (χ0n) is 12.6. The number of halogens is 3. The minimum absolute atomic E-state index is 0.0248. The maximum Gasteiger partial charge on any atom is 0.416 e. The second-order valence-corrected chi connectivity index (χ2v) is 6.32. The van der Waals surface area contributed by atoms with Crippen LogP contribution in [-0.4, -0.2) is 5.91 Å². The largest absolute Gasteiger partial charge is 0.416 e. The Hall–Kier alpha value is -1.72. The van der Waals surface area contributed by atoms with Gasteiger partial charge in [0.1, 0.15) is 0 Å². The molecule has 3 nitrogen and oxygen atoms in total. The van der Waals surface area contributed by atoms with Gasteiger partial charge in [-0.15, -0.1) is 0 Å². The molecule has 1 amide bonds. The molecule has 3 N–H and O–H groups in total. The molecule has 1 aromatic rings. The summed E-state index contributed by atoms with van der Waals surface area (Å²) in [7, 11) is 0. The average Bonchev–Trinajstić information content (AvgIpc) is 2.29. The summed E-state index contributed by atoms with van der Waals surface area (Å²) in [6, 6.07) is 2.90. The summed E-state index contributed by atoms with van der Waals surface area (Å²) in [6.07, 6.45) is -4.17. The predicted octanol–water partition coefficient (Wildman–Crippen LogP) is 4.30. The number of nitrogens with two attached hydrogens (primary N) is 1. The molecular weight excluding hydrogens is 281 g/mol. The van der Waals surface area contributed by atoms with Crippen LogP contribution in [0.3, 0.4) is 0 Å². The lowest BCUT2D eigenvalue weighted by atomic mass is 9.80. The number of amides is 1. The third-order valence-electron chi connectivity index (χ3n) is 3.62. The Morgan fingerprint density at radius 1 is 1.29 bits per heavy atom. The van der Waals surface area contributed by atoms with E-state index in [0.717, 1.165) is 12.1 Å². The number of nitrogens with one attached hydrogen (secondary N) is 1. The van der Waals surface area contributed by atoms with Gasteiger partial charge in [0.2, 0.25) is 5.91 Å². The first-order chi connectivity index (χ1) is 9.41. The SMILES string of the molecule is CC(CC(=O)Nc1ccc(C(F)(F)F)cc1N)C(C)(C)C. The van der Waals surface area contributed by atoms with E-state index in [2.05, 4.69) is 5.32 Å². The van der Waals surface area contributed by atoms with Crippen LogP contribution in [0, 0.1) is 11.3 Å². The van der Waals surface area contributed by atoms with Gasteiger partial charge in [-0.3, -0.25) is 4.79 Å². The molecule has 0 aliphatic rings. The zero-order valence-corrected chi connectivity index (χ0v) is 12.6. The van der Waals surface area contributed by atoms with Crippen molar-refractivity contribution in [2.45, 2.75) is 40.3 Å². The monoisotopic (exact) mass is 302 g/mol. The van der Waals surface area contributed by atoms with Gasteiger partial charge >= 0.3 is 6.18 Å². The number of hydrogen-bond donors (Lipinski definition) is 2. The smallest absolute Gasteiger partial charge is 0.397 e. The van der Waals surface area contributed by atoms with Crippen molar-refractivity contribution in [3.05, 3.63) is 23.8 Å². The Kier molecular flexibility index (Phi) is 4.91. The number of anilines is 2. The number of alkyl halides is 3. The second-order valence-electron chi connectivity index (χ2n) is 6.32. The molecule has 1 atom stereocenters. The van der Waals surface area contributed by atoms with Gasteiger partial charge in [0.15, 0.2) is 0 Å². The maximum atomic E-state index is 12.5. The zero-order chi connectivity index (χ0) is 16.4. The molecule has 0 heterocycles. The quantitative estimate of drug-likeness (QED) is 0.818. The number of carbonyl (C=O) groups excluding carboxylic acids is 1. The minimum Gasteiger partial charge on any atom is -0.397 e. The Morgan fingerprint density at radius 3 is 2.29 bits per heavy atom. The molecule has 0 fully saturated rings. The Morgan fingerprint density at radius 2 is 1.86 bits per heavy atom. The van der Waals surface area contributed by atoms with E-state index in [0.29, 0.717) is 0 Å². The van der Waals surface area contributed by atoms with Crippen LogP contribution in [0.15, 0.2) is 18.2 Å². The highest BCUT2D eigenvalue weighted by atomic mass is 19.4. The van der Waals surface area contributed by atoms with Crippen LogP contribution in [0.5, 0.6) is 0 Å². The Bertz CT molecular complexity index is 519. The van der Waals surface area contributed by atoms with E-state index >= 15 is 0 Å². The molecule has 118 valence electrons. The van der Waals surface area contributed by atoms with Crippen molar-refractivity contribution in [1.29, 1.82) is 0 Å². The highest BCUT2D eigenvalue weighted by molar-refractivity contribution is 5.94. The number of benzene rings is 1. The van der Waals surface area contributed by atoms with E-state index in [1.54, 1.807) is 0 Å². The third kappa shape index (κ3) is 4.95. The van der Waals surface area contributed by atoms with E-state index < -0.39 is 11.7 Å². The maximum absolute atomic E-state index is 12.5. The first-order valence-corrected chi connectivity index (χ1v) is 6.68. The summed E-state index contributed by atoms with van der Waals surface area (Å²) in [4.78, 5) is 11.9. The Labute approximate surface area is 122 Å². The first kappa shape index (κ1) is 17.3. The lowest BCUT2D eigenvalue weighted by molar-refractivity contribution is -0.137. The standard InChI is InChI=1S/C15H21F3N2O/c1-9(14(2,3)4)7-13(21)20-12-6-5-10(8-11(12)19)15(16,17)18/h5-6,8-9H,7,19H2,1-4H3,(H,20,21). The predicted molar refractivity (Wildman–Crippen MR) is 77.7 cm³/mol. The number of rotatable bonds is 3. The fraction of sp³-hybridized carbons (Fsp3) is 0.533. The number of carbonyl (C=O) groups is 1. The second kappa shape index (κ2) is 5.95. The van der Waals surface area contributed by atoms with Crippen LogP contribution < -0.4 is 11.1 Å². The molecule has 0 saturated heterocycles. The fourth-order valence-electron chi connectivity index (χ4n) is 1.64. The third-order valence-corrected chi connectivity index (χ3v) is 3.62. The van der Waals surface area contributed by atoms with Gasteiger partial charge in [-0.25, -0.2) is 0 Å². The highest BCUT2D eigenvalue weighted by Gasteiger charge is 2.31. The van der Waals surface area contributed by atoms with Gasteiger partial charge in [-0.05, 0) is 29.5 Å². The molecule has 0 aromatic heterocycles. The average molecular weight is 302 g/mol. The van der Waals surface area contributed by atoms with E-state index in [-0.39, 0.29) is 35.0 Å². The van der Waals surface area contributed by atoms with E-state index in [1.165, 1.54) is 6.07 Å². The minimum atomic E-state index is -4.45. The van der Waals surface area contributed by atoms with Crippen LogP contribution in [0.4, 0.5) is 24.5 Å². The van der Waals surface area contributed by atoms with Crippen LogP contribution in [0.2, 0.25) is 0 Å². The summed E-state index contributed by atoms with van der Waals surface area (Å²) in [6.45, 7) is 8.03. The summed E-state index contributed by atoms with van der Waals surface area (Å²) >= 11 is 0. The van der Waals surface area contributed by atoms with Crippen molar-refractivity contribution in [3.63, 3.8) is 0 Å². The van der Waals surface area contributed by atoms with Gasteiger partial charge in [-0.1, -0.05) is 27.7 Å². The molecule has 1 rings (SSSR count). The van der Waals surface area contributed by atoms with Gasteiger partial charge in [0.25, 0.3) is 0 Å². The molecular formula is C15H21F3N2O. The van der Waals surface area contributed by atoms with Gasteiger partial charge < -0.3 is 11.1 Å². The van der Waals surface area contributed by atoms with Crippen LogP contribution in [0.25, 0.3) is 0 Å². The van der Waals surface area contributed by atoms with E-state index in [9.17, 15) is 18.0 Å². The van der Waals surface area contributed by atoms with E-state index in [1.807, 2.05) is 27.7 Å². The van der Waals surface area contributed by atoms with Gasteiger partial charge in [-0.2, -0.15) is 13.2 Å². The molecule has 1 unspecified atom stereocenters. The van der Waals surface area contributed by atoms with Crippen molar-refractivity contribution in [1.82, 2.24) is 0 Å². The van der Waals surface area contributed by atoms with Crippen LogP contribution >= 0.6 is 0 Å². The normalized spacial score (nSPS) is 13.9. The summed E-state index contributed by atoms with van der Waals surface area (Å²) < 4.78 is 37.6. The molecule has 0 aliphatic heterocycles. The molecule has 0 bridgehead atoms. The van der Waals surface area contributed by atoms with Crippen LogP contribution in [0.1, 0.15) is 39.7 Å². The van der Waals surface area contributed by atoms with Crippen LogP contribution in [-0.2, 0) is 11.0 Å². The van der Waals surface area contributed by atoms with E-state index in [4.69, 9.17) is 5.73 Å². The molecule has 0 radical (unpaired) electrons. The van der Waals surface area contributed by atoms with Gasteiger partial charge in [0, 0.05) is 6.42 Å². The topological polar surface area (TPSA) is 55.1 Å². The number of nitrogen functional groups attached to an aromatic ring is 1. The van der Waals surface area contributed by atoms with Crippen molar-refractivity contribution >= 4 is 17.3 Å². The first-order valence-electron chi connectivity index (χ1n) is 6.68. The summed E-state index contributed by atoms with van der Waals surface area (Å²) in [5.41, 5.74) is 4.82. The molecule has 1 aromatic carbocycles. The molecule has 0 spiro atoms. The molecule has 21 heavy (non-hydrogen) atoms. The van der Waals surface area contributed by atoms with Crippen molar-refractivity contribution in [2.75, 3.05) is 11.1 Å². The van der Waals surface area contributed by atoms with Gasteiger partial charge in [0.05, 0.1) is 16.9 Å². The summed E-state index contributed by atoms with van der Waals surface area (Å²) in [5, 5.41) is 2.56. The van der Waals surface area contributed by atoms with Crippen molar-refractivity contribution < 1.29 is 18.0 Å². The van der Waals surface area contributed by atoms with Crippen molar-refractivity contribution in [2.24, 2.45) is 11.3 Å². The summed E-state index contributed by atoms with van der Waals surface area (Å²) in [5.74, 6) is -0.128. The fourth-order valence-corrected chi connectivity index (χ4v) is 1.64. The highest BCUT2D eigenvalue weighted by Crippen LogP contribution is 2.33. The Balaban J connectivity index is 2.78. The molecule has 6 heteroatoms.